The molecule has 0 spiro atoms. The van der Waals surface area contributed by atoms with Crippen LogP contribution in [0.2, 0.25) is 0 Å². The zero-order valence-corrected chi connectivity index (χ0v) is 14.6. The summed E-state index contributed by atoms with van der Waals surface area (Å²) in [6.45, 7) is 0.189. The predicted octanol–water partition coefficient (Wildman–Crippen LogP) is 2.32. The maximum absolute atomic E-state index is 12.2. The quantitative estimate of drug-likeness (QED) is 0.589. The maximum Gasteiger partial charge on any atom is 0.211 e. The number of tetrazole rings is 1. The van der Waals surface area contributed by atoms with Gasteiger partial charge < -0.3 is 14.6 Å². The Balaban J connectivity index is 1.58. The summed E-state index contributed by atoms with van der Waals surface area (Å²) >= 11 is 0. The number of phenolic OH excluding ortho intramolecular Hbond substituents is 1. The van der Waals surface area contributed by atoms with Crippen molar-refractivity contribution in [3.63, 3.8) is 0 Å². The van der Waals surface area contributed by atoms with Crippen molar-refractivity contribution in [3.8, 4) is 17.2 Å². The molecule has 1 heterocycles. The van der Waals surface area contributed by atoms with Crippen molar-refractivity contribution in [1.82, 2.24) is 20.6 Å². The lowest BCUT2D eigenvalue weighted by Gasteiger charge is -2.05. The number of allylic oxidation sites excluding steroid dienone is 1. The van der Waals surface area contributed by atoms with E-state index in [0.717, 1.165) is 5.56 Å². The smallest absolute Gasteiger partial charge is 0.211 e. The Morgan fingerprint density at radius 1 is 1.26 bits per heavy atom. The molecule has 0 unspecified atom stereocenters. The van der Waals surface area contributed by atoms with Crippen molar-refractivity contribution in [2.24, 2.45) is 0 Å². The number of methoxy groups -OCH3 is 1. The first kappa shape index (κ1) is 18.1. The first-order valence-electron chi connectivity index (χ1n) is 8.16. The highest BCUT2D eigenvalue weighted by atomic mass is 16.5. The van der Waals surface area contributed by atoms with Crippen molar-refractivity contribution in [2.75, 3.05) is 7.11 Å². The molecule has 0 aliphatic carbocycles. The van der Waals surface area contributed by atoms with E-state index < -0.39 is 0 Å². The second kappa shape index (κ2) is 8.61. The highest BCUT2D eigenvalue weighted by molar-refractivity contribution is 5.95. The SMILES string of the molecule is COc1ccc(/C=C/C(=O)Cc2cccc(OCc3nn[nH]n3)c2)cc1O. The molecule has 0 radical (unpaired) electrons. The molecule has 8 heteroatoms. The molecular weight excluding hydrogens is 348 g/mol. The van der Waals surface area contributed by atoms with Crippen molar-refractivity contribution in [2.45, 2.75) is 13.0 Å². The predicted molar refractivity (Wildman–Crippen MR) is 97.4 cm³/mol. The lowest BCUT2D eigenvalue weighted by atomic mass is 10.1. The van der Waals surface area contributed by atoms with Crippen LogP contribution in [-0.4, -0.2) is 38.6 Å². The number of nitrogens with one attached hydrogen (secondary N) is 1. The normalized spacial score (nSPS) is 10.9. The number of benzene rings is 2. The summed E-state index contributed by atoms with van der Waals surface area (Å²) in [6.07, 6.45) is 3.37. The number of ether oxygens (including phenoxy) is 2. The second-order valence-electron chi connectivity index (χ2n) is 5.67. The van der Waals surface area contributed by atoms with E-state index in [1.807, 2.05) is 12.1 Å². The lowest BCUT2D eigenvalue weighted by molar-refractivity contribution is -0.113. The minimum Gasteiger partial charge on any atom is -0.504 e. The van der Waals surface area contributed by atoms with Crippen LogP contribution < -0.4 is 9.47 Å². The van der Waals surface area contributed by atoms with Gasteiger partial charge in [0, 0.05) is 6.42 Å². The molecule has 1 aromatic heterocycles. The number of carbonyl (C=O) groups is 1. The van der Waals surface area contributed by atoms with Gasteiger partial charge in [-0.2, -0.15) is 5.21 Å². The Kier molecular flexibility index (Phi) is 5.78. The molecule has 0 atom stereocenters. The number of rotatable bonds is 8. The number of aromatic hydroxyl groups is 1. The average molecular weight is 366 g/mol. The largest absolute Gasteiger partial charge is 0.504 e. The molecule has 0 bridgehead atoms. The number of hydrogen-bond acceptors (Lipinski definition) is 7. The van der Waals surface area contributed by atoms with E-state index in [1.54, 1.807) is 30.3 Å². The van der Waals surface area contributed by atoms with Gasteiger partial charge in [0.1, 0.15) is 5.75 Å². The Morgan fingerprint density at radius 2 is 2.15 bits per heavy atom. The van der Waals surface area contributed by atoms with Crippen LogP contribution in [0.5, 0.6) is 17.2 Å². The van der Waals surface area contributed by atoms with Crippen molar-refractivity contribution >= 4 is 11.9 Å². The molecular formula is C19H18N4O4. The van der Waals surface area contributed by atoms with Crippen LogP contribution in [0.25, 0.3) is 6.08 Å². The number of H-pyrrole nitrogens is 1. The molecule has 27 heavy (non-hydrogen) atoms. The van der Waals surface area contributed by atoms with Crippen LogP contribution in [0.3, 0.4) is 0 Å². The van der Waals surface area contributed by atoms with Crippen LogP contribution in [0, 0.1) is 0 Å². The van der Waals surface area contributed by atoms with Crippen LogP contribution in [-0.2, 0) is 17.8 Å². The third-order valence-electron chi connectivity index (χ3n) is 3.70. The Hall–Kier alpha value is -3.68. The molecule has 0 fully saturated rings. The fraction of sp³-hybridized carbons (Fsp3) is 0.158. The number of hydrogen-bond donors (Lipinski definition) is 2. The number of phenols is 1. The van der Waals surface area contributed by atoms with E-state index in [4.69, 9.17) is 9.47 Å². The van der Waals surface area contributed by atoms with Gasteiger partial charge in [-0.05, 0) is 41.5 Å². The van der Waals surface area contributed by atoms with Crippen LogP contribution >= 0.6 is 0 Å². The summed E-state index contributed by atoms with van der Waals surface area (Å²) in [6, 6.07) is 12.2. The zero-order chi connectivity index (χ0) is 19.1. The first-order valence-corrected chi connectivity index (χ1v) is 8.16. The number of aromatic amines is 1. The zero-order valence-electron chi connectivity index (χ0n) is 14.6. The molecule has 3 rings (SSSR count). The minimum atomic E-state index is -0.0689. The summed E-state index contributed by atoms with van der Waals surface area (Å²) in [5, 5.41) is 23.2. The van der Waals surface area contributed by atoms with Crippen molar-refractivity contribution in [1.29, 1.82) is 0 Å². The summed E-state index contributed by atoms with van der Waals surface area (Å²) in [5.41, 5.74) is 1.53. The summed E-state index contributed by atoms with van der Waals surface area (Å²) < 4.78 is 10.6. The molecule has 138 valence electrons. The Bertz CT molecular complexity index is 939. The Labute approximate surface area is 155 Å². The van der Waals surface area contributed by atoms with Crippen molar-refractivity contribution in [3.05, 3.63) is 65.5 Å². The van der Waals surface area contributed by atoms with Crippen molar-refractivity contribution < 1.29 is 19.4 Å². The van der Waals surface area contributed by atoms with Gasteiger partial charge in [-0.25, -0.2) is 0 Å². The van der Waals surface area contributed by atoms with Gasteiger partial charge >= 0.3 is 0 Å². The molecule has 0 saturated carbocycles. The summed E-state index contributed by atoms with van der Waals surface area (Å²) in [7, 11) is 1.48. The molecule has 3 aromatic rings. The fourth-order valence-corrected chi connectivity index (χ4v) is 2.40. The monoisotopic (exact) mass is 366 g/mol. The van der Waals surface area contributed by atoms with E-state index >= 15 is 0 Å². The number of nitrogens with zero attached hydrogens (tertiary/aromatic N) is 3. The topological polar surface area (TPSA) is 110 Å². The van der Waals surface area contributed by atoms with Gasteiger partial charge in [0.15, 0.2) is 23.9 Å². The average Bonchev–Trinajstić information content (AvgIpc) is 3.19. The molecule has 0 aliphatic rings. The number of ketones is 1. The summed E-state index contributed by atoms with van der Waals surface area (Å²) in [5.74, 6) is 1.41. The van der Waals surface area contributed by atoms with Gasteiger partial charge in [0.2, 0.25) is 5.82 Å². The van der Waals surface area contributed by atoms with Gasteiger partial charge in [0.25, 0.3) is 0 Å². The minimum absolute atomic E-state index is 0.0264. The van der Waals surface area contributed by atoms with Gasteiger partial charge in [-0.3, -0.25) is 4.79 Å². The number of aromatic nitrogens is 4. The third kappa shape index (κ3) is 5.15. The molecule has 0 saturated heterocycles. The van der Waals surface area contributed by atoms with Crippen LogP contribution in [0.15, 0.2) is 48.5 Å². The van der Waals surface area contributed by atoms with E-state index in [-0.39, 0.29) is 24.6 Å². The molecule has 8 nitrogen and oxygen atoms in total. The standard InChI is InChI=1S/C19H18N4O4/c1-26-18-8-6-13(11-17(18)25)5-7-15(24)9-14-3-2-4-16(10-14)27-12-19-20-22-23-21-19/h2-8,10-11,25H,9,12H2,1H3,(H,20,21,22,23)/b7-5+. The van der Waals surface area contributed by atoms with Crippen LogP contribution in [0.1, 0.15) is 17.0 Å². The van der Waals surface area contributed by atoms with Gasteiger partial charge in [-0.15, -0.1) is 10.2 Å². The van der Waals surface area contributed by atoms with Gasteiger partial charge in [0.05, 0.1) is 7.11 Å². The number of carbonyl (C=O) groups excluding carboxylic acids is 1. The highest BCUT2D eigenvalue weighted by Gasteiger charge is 2.05. The lowest BCUT2D eigenvalue weighted by Crippen LogP contribution is -2.01. The molecule has 2 aromatic carbocycles. The molecule has 2 N–H and O–H groups in total. The first-order chi connectivity index (χ1) is 13.1. The summed E-state index contributed by atoms with van der Waals surface area (Å²) in [4.78, 5) is 12.2. The van der Waals surface area contributed by atoms with E-state index in [1.165, 1.54) is 19.3 Å². The highest BCUT2D eigenvalue weighted by Crippen LogP contribution is 2.26. The maximum atomic E-state index is 12.2. The van der Waals surface area contributed by atoms with Gasteiger partial charge in [-0.1, -0.05) is 29.5 Å². The van der Waals surface area contributed by atoms with E-state index in [9.17, 15) is 9.90 Å². The fourth-order valence-electron chi connectivity index (χ4n) is 2.40. The van der Waals surface area contributed by atoms with E-state index in [0.29, 0.717) is 22.9 Å². The van der Waals surface area contributed by atoms with Crippen LogP contribution in [0.4, 0.5) is 0 Å². The third-order valence-corrected chi connectivity index (χ3v) is 3.70. The second-order valence-corrected chi connectivity index (χ2v) is 5.67. The Morgan fingerprint density at radius 3 is 2.89 bits per heavy atom. The molecule has 0 amide bonds. The van der Waals surface area contributed by atoms with E-state index in [2.05, 4.69) is 20.6 Å². The molecule has 0 aliphatic heterocycles.